The number of hydrogen-bond donors (Lipinski definition) is 4. The molecule has 40 heavy (non-hydrogen) atoms. The number of halogens is 3. The first kappa shape index (κ1) is 27.4. The second-order valence-electron chi connectivity index (χ2n) is 9.65. The van der Waals surface area contributed by atoms with Crippen molar-refractivity contribution in [1.82, 2.24) is 10.3 Å². The standard InChI is InChI=1S/C28H27F3N4O5/c29-28(30,31)17-3-5-18(6-4-17)34-27(38)35-19-7-8-23-21(10-19)22-11-20(39-24(15-36)26(22)40-23)12-25(37)33-14-16-2-1-9-32-13-16/h1-10,13,20,22,24,26,36H,11-12,14-15H2,(H,33,37)(H2,34,35,38)/t20-,22+,24+,26-/m1/s1. The maximum Gasteiger partial charge on any atom is 0.416 e. The van der Waals surface area contributed by atoms with Gasteiger partial charge < -0.3 is 30.5 Å². The Morgan fingerprint density at radius 2 is 1.80 bits per heavy atom. The molecule has 0 saturated carbocycles. The summed E-state index contributed by atoms with van der Waals surface area (Å²) in [5.74, 6) is 0.211. The summed E-state index contributed by atoms with van der Waals surface area (Å²) in [4.78, 5) is 29.1. The molecule has 1 saturated heterocycles. The Balaban J connectivity index is 1.22. The van der Waals surface area contributed by atoms with E-state index in [0.29, 0.717) is 24.4 Å². The fourth-order valence-corrected chi connectivity index (χ4v) is 4.99. The third-order valence-electron chi connectivity index (χ3n) is 6.85. The highest BCUT2D eigenvalue weighted by Crippen LogP contribution is 2.47. The van der Waals surface area contributed by atoms with E-state index in [1.165, 1.54) is 12.1 Å². The van der Waals surface area contributed by atoms with Crippen LogP contribution < -0.4 is 20.7 Å². The van der Waals surface area contributed by atoms with Gasteiger partial charge in [-0.3, -0.25) is 9.78 Å². The zero-order chi connectivity index (χ0) is 28.3. The van der Waals surface area contributed by atoms with E-state index in [2.05, 4.69) is 20.9 Å². The van der Waals surface area contributed by atoms with Crippen LogP contribution in [0.25, 0.3) is 0 Å². The molecule has 9 nitrogen and oxygen atoms in total. The molecule has 3 heterocycles. The molecular weight excluding hydrogens is 529 g/mol. The summed E-state index contributed by atoms with van der Waals surface area (Å²) in [5, 5.41) is 18.0. The van der Waals surface area contributed by atoms with Crippen molar-refractivity contribution in [3.05, 3.63) is 83.7 Å². The van der Waals surface area contributed by atoms with Gasteiger partial charge in [-0.15, -0.1) is 0 Å². The van der Waals surface area contributed by atoms with Crippen molar-refractivity contribution in [2.75, 3.05) is 17.2 Å². The number of carbonyl (C=O) groups is 2. The number of alkyl halides is 3. The number of ether oxygens (including phenoxy) is 2. The Kier molecular flexibility index (Phi) is 7.90. The zero-order valence-electron chi connectivity index (χ0n) is 21.1. The summed E-state index contributed by atoms with van der Waals surface area (Å²) in [6, 6.07) is 12.2. The van der Waals surface area contributed by atoms with Crippen LogP contribution in [-0.4, -0.2) is 46.9 Å². The molecule has 0 spiro atoms. The Morgan fingerprint density at radius 1 is 1.05 bits per heavy atom. The van der Waals surface area contributed by atoms with Crippen LogP contribution in [0, 0.1) is 0 Å². The van der Waals surface area contributed by atoms with Crippen molar-refractivity contribution in [1.29, 1.82) is 0 Å². The van der Waals surface area contributed by atoms with Crippen LogP contribution in [-0.2, 0) is 22.3 Å². The minimum absolute atomic E-state index is 0.1000. The average molecular weight is 557 g/mol. The molecule has 5 rings (SSSR count). The number of hydrogen-bond acceptors (Lipinski definition) is 6. The number of nitrogens with zero attached hydrogens (tertiary/aromatic N) is 1. The number of pyridine rings is 1. The monoisotopic (exact) mass is 556 g/mol. The van der Waals surface area contributed by atoms with Crippen molar-refractivity contribution in [2.45, 2.75) is 49.8 Å². The second-order valence-corrected chi connectivity index (χ2v) is 9.65. The molecular formula is C28H27F3N4O5. The van der Waals surface area contributed by atoms with Gasteiger partial charge in [0.15, 0.2) is 0 Å². The van der Waals surface area contributed by atoms with E-state index in [1.54, 1.807) is 36.7 Å². The second kappa shape index (κ2) is 11.5. The topological polar surface area (TPSA) is 122 Å². The predicted octanol–water partition coefficient (Wildman–Crippen LogP) is 4.45. The first-order chi connectivity index (χ1) is 19.2. The highest BCUT2D eigenvalue weighted by Gasteiger charge is 2.46. The number of amides is 3. The summed E-state index contributed by atoms with van der Waals surface area (Å²) in [6.45, 7) is 0.0496. The number of urea groups is 1. The summed E-state index contributed by atoms with van der Waals surface area (Å²) in [7, 11) is 0. The lowest BCUT2D eigenvalue weighted by atomic mass is 9.84. The molecule has 210 valence electrons. The molecule has 2 aromatic carbocycles. The minimum Gasteiger partial charge on any atom is -0.487 e. The number of rotatable bonds is 7. The van der Waals surface area contributed by atoms with Crippen LogP contribution in [0.3, 0.4) is 0 Å². The van der Waals surface area contributed by atoms with Gasteiger partial charge in [-0.25, -0.2) is 4.79 Å². The quantitative estimate of drug-likeness (QED) is 0.341. The molecule has 0 bridgehead atoms. The highest BCUT2D eigenvalue weighted by molar-refractivity contribution is 5.99. The lowest BCUT2D eigenvalue weighted by Crippen LogP contribution is -2.47. The number of aromatic nitrogens is 1. The van der Waals surface area contributed by atoms with E-state index < -0.39 is 36.1 Å². The Bertz CT molecular complexity index is 1350. The van der Waals surface area contributed by atoms with Gasteiger partial charge in [-0.05, 0) is 60.5 Å². The first-order valence-corrected chi connectivity index (χ1v) is 12.7. The van der Waals surface area contributed by atoms with Crippen molar-refractivity contribution in [3.8, 4) is 5.75 Å². The van der Waals surface area contributed by atoms with Gasteiger partial charge in [0.05, 0.1) is 24.7 Å². The van der Waals surface area contributed by atoms with Crippen molar-refractivity contribution >= 4 is 23.3 Å². The highest BCUT2D eigenvalue weighted by atomic mass is 19.4. The number of carbonyl (C=O) groups excluding carboxylic acids is 2. The Morgan fingerprint density at radius 3 is 2.50 bits per heavy atom. The number of aliphatic hydroxyl groups excluding tert-OH is 1. The van der Waals surface area contributed by atoms with Crippen LogP contribution >= 0.6 is 0 Å². The molecule has 4 N–H and O–H groups in total. The molecule has 2 aliphatic rings. The van der Waals surface area contributed by atoms with Crippen molar-refractivity contribution < 1.29 is 37.3 Å². The third kappa shape index (κ3) is 6.35. The van der Waals surface area contributed by atoms with Gasteiger partial charge in [0.2, 0.25) is 5.91 Å². The van der Waals surface area contributed by atoms with Crippen molar-refractivity contribution in [2.24, 2.45) is 0 Å². The number of nitrogens with one attached hydrogen (secondary N) is 3. The molecule has 3 amide bonds. The van der Waals surface area contributed by atoms with Crippen molar-refractivity contribution in [3.63, 3.8) is 0 Å². The van der Waals surface area contributed by atoms with Crippen LogP contribution in [0.2, 0.25) is 0 Å². The maximum absolute atomic E-state index is 12.8. The largest absolute Gasteiger partial charge is 0.487 e. The fraction of sp³-hybridized carbons (Fsp3) is 0.321. The number of aliphatic hydroxyl groups is 1. The lowest BCUT2D eigenvalue weighted by molar-refractivity contribution is -0.142. The van der Waals surface area contributed by atoms with Crippen LogP contribution in [0.5, 0.6) is 5.75 Å². The maximum atomic E-state index is 12.8. The van der Waals surface area contributed by atoms with Gasteiger partial charge in [0.25, 0.3) is 0 Å². The summed E-state index contributed by atoms with van der Waals surface area (Å²) in [6.07, 6.45) is -2.12. The van der Waals surface area contributed by atoms with Gasteiger partial charge >= 0.3 is 12.2 Å². The summed E-state index contributed by atoms with van der Waals surface area (Å²) < 4.78 is 50.4. The SMILES string of the molecule is O=C(C[C@H]1C[C@H]2c3cc(NC(=O)Nc4ccc(C(F)(F)F)cc4)ccc3O[C@H]2[C@H](CO)O1)NCc1cccnc1. The van der Waals surface area contributed by atoms with E-state index in [-0.39, 0.29) is 30.5 Å². The van der Waals surface area contributed by atoms with Gasteiger partial charge in [-0.1, -0.05) is 6.07 Å². The Labute approximate surface area is 227 Å². The normalized spacial score (nSPS) is 21.5. The van der Waals surface area contributed by atoms with E-state index >= 15 is 0 Å². The van der Waals surface area contributed by atoms with E-state index in [4.69, 9.17) is 9.47 Å². The van der Waals surface area contributed by atoms with E-state index in [1.807, 2.05) is 6.07 Å². The third-order valence-corrected chi connectivity index (χ3v) is 6.85. The summed E-state index contributed by atoms with van der Waals surface area (Å²) >= 11 is 0. The number of fused-ring (bicyclic) bond motifs is 3. The van der Waals surface area contributed by atoms with Gasteiger partial charge in [0, 0.05) is 41.8 Å². The molecule has 0 radical (unpaired) electrons. The van der Waals surface area contributed by atoms with Gasteiger partial charge in [-0.2, -0.15) is 13.2 Å². The molecule has 0 aliphatic carbocycles. The minimum atomic E-state index is -4.47. The molecule has 4 atom stereocenters. The molecule has 0 unspecified atom stereocenters. The van der Waals surface area contributed by atoms with E-state index in [0.717, 1.165) is 23.3 Å². The smallest absolute Gasteiger partial charge is 0.416 e. The van der Waals surface area contributed by atoms with Gasteiger partial charge in [0.1, 0.15) is 18.0 Å². The zero-order valence-corrected chi connectivity index (χ0v) is 21.1. The molecule has 1 fully saturated rings. The summed E-state index contributed by atoms with van der Waals surface area (Å²) in [5.41, 5.74) is 1.52. The first-order valence-electron chi connectivity index (χ1n) is 12.7. The molecule has 12 heteroatoms. The number of anilines is 2. The molecule has 3 aromatic rings. The van der Waals surface area contributed by atoms with Crippen LogP contribution in [0.4, 0.5) is 29.3 Å². The Hall–Kier alpha value is -4.16. The average Bonchev–Trinajstić information content (AvgIpc) is 3.30. The number of benzene rings is 2. The molecule has 2 aliphatic heterocycles. The lowest BCUT2D eigenvalue weighted by Gasteiger charge is -2.37. The fourth-order valence-electron chi connectivity index (χ4n) is 4.99. The predicted molar refractivity (Wildman–Crippen MR) is 139 cm³/mol. The van der Waals surface area contributed by atoms with E-state index in [9.17, 15) is 27.9 Å². The van der Waals surface area contributed by atoms with Crippen LogP contribution in [0.15, 0.2) is 67.0 Å². The van der Waals surface area contributed by atoms with Crippen LogP contribution in [0.1, 0.15) is 35.4 Å². The molecule has 1 aromatic heterocycles.